The van der Waals surface area contributed by atoms with E-state index in [0.717, 1.165) is 31.2 Å². The molecule has 1 atom stereocenters. The van der Waals surface area contributed by atoms with Crippen molar-refractivity contribution in [2.24, 2.45) is 11.8 Å². The first-order chi connectivity index (χ1) is 17.4. The second-order valence-corrected chi connectivity index (χ2v) is 10.2. The first-order valence-corrected chi connectivity index (χ1v) is 12.8. The van der Waals surface area contributed by atoms with Gasteiger partial charge in [0.15, 0.2) is 6.39 Å². The molecule has 0 aromatic carbocycles. The highest BCUT2D eigenvalue weighted by molar-refractivity contribution is 6.07. The van der Waals surface area contributed by atoms with Gasteiger partial charge in [0.05, 0.1) is 16.8 Å². The van der Waals surface area contributed by atoms with E-state index in [0.29, 0.717) is 55.6 Å². The van der Waals surface area contributed by atoms with E-state index in [1.54, 1.807) is 12.3 Å². The summed E-state index contributed by atoms with van der Waals surface area (Å²) in [4.78, 5) is 47.9. The van der Waals surface area contributed by atoms with E-state index < -0.39 is 17.4 Å². The third-order valence-corrected chi connectivity index (χ3v) is 7.98. The smallest absolute Gasteiger partial charge is 0.289 e. The van der Waals surface area contributed by atoms with Gasteiger partial charge in [-0.2, -0.15) is 0 Å². The molecule has 1 spiro atoms. The van der Waals surface area contributed by atoms with Gasteiger partial charge in [-0.25, -0.2) is 9.97 Å². The molecular weight excluding hydrogens is 462 g/mol. The van der Waals surface area contributed by atoms with Crippen LogP contribution < -0.4 is 16.0 Å². The quantitative estimate of drug-likeness (QED) is 0.560. The van der Waals surface area contributed by atoms with Gasteiger partial charge < -0.3 is 25.1 Å². The molecule has 1 saturated carbocycles. The Morgan fingerprint density at radius 3 is 2.67 bits per heavy atom. The van der Waals surface area contributed by atoms with Gasteiger partial charge in [0.1, 0.15) is 11.9 Å². The number of aryl methyl sites for hydroxylation is 1. The number of rotatable bonds is 6. The van der Waals surface area contributed by atoms with Crippen molar-refractivity contribution in [2.45, 2.75) is 70.3 Å². The van der Waals surface area contributed by atoms with Gasteiger partial charge >= 0.3 is 0 Å². The van der Waals surface area contributed by atoms with Gasteiger partial charge in [-0.3, -0.25) is 14.4 Å². The van der Waals surface area contributed by atoms with E-state index in [-0.39, 0.29) is 23.5 Å². The van der Waals surface area contributed by atoms with Crippen molar-refractivity contribution in [3.63, 3.8) is 0 Å². The van der Waals surface area contributed by atoms with Crippen LogP contribution in [0.4, 0.5) is 11.5 Å². The van der Waals surface area contributed by atoms with Gasteiger partial charge in [0.2, 0.25) is 17.6 Å². The van der Waals surface area contributed by atoms with Crippen LogP contribution in [-0.2, 0) is 26.2 Å². The Hall–Kier alpha value is -3.27. The third kappa shape index (κ3) is 4.50. The van der Waals surface area contributed by atoms with Crippen LogP contribution in [0.15, 0.2) is 23.1 Å². The lowest BCUT2D eigenvalue weighted by molar-refractivity contribution is -0.124. The first-order valence-electron chi connectivity index (χ1n) is 12.8. The van der Waals surface area contributed by atoms with Crippen LogP contribution in [0.25, 0.3) is 0 Å². The third-order valence-electron chi connectivity index (χ3n) is 7.98. The zero-order valence-electron chi connectivity index (χ0n) is 20.8. The zero-order chi connectivity index (χ0) is 25.3. The number of ether oxygens (including phenoxy) is 1. The maximum Gasteiger partial charge on any atom is 0.289 e. The van der Waals surface area contributed by atoms with E-state index in [4.69, 9.17) is 9.15 Å². The number of aromatic nitrogens is 2. The molecule has 10 nitrogen and oxygen atoms in total. The van der Waals surface area contributed by atoms with Crippen molar-refractivity contribution in [3.8, 4) is 0 Å². The minimum absolute atomic E-state index is 0.00205. The fourth-order valence-corrected chi connectivity index (χ4v) is 5.72. The highest BCUT2D eigenvalue weighted by Gasteiger charge is 2.48. The Labute approximate surface area is 210 Å². The Kier molecular flexibility index (Phi) is 6.79. The van der Waals surface area contributed by atoms with Crippen LogP contribution >= 0.6 is 0 Å². The second kappa shape index (κ2) is 10.0. The van der Waals surface area contributed by atoms with Crippen LogP contribution in [0.1, 0.15) is 74.2 Å². The molecule has 2 aliphatic heterocycles. The maximum absolute atomic E-state index is 13.5. The summed E-state index contributed by atoms with van der Waals surface area (Å²) in [6.07, 6.45) is 8.37. The van der Waals surface area contributed by atoms with Crippen LogP contribution in [-0.4, -0.2) is 46.9 Å². The molecular formula is C26H33N5O5. The minimum atomic E-state index is -0.744. The predicted octanol–water partition coefficient (Wildman–Crippen LogP) is 3.20. The molecule has 2 aromatic rings. The molecule has 2 fully saturated rings. The number of anilines is 2. The largest absolute Gasteiger partial charge is 0.438 e. The van der Waals surface area contributed by atoms with E-state index in [1.807, 2.05) is 6.92 Å². The number of fused-ring (bicyclic) bond motifs is 2. The lowest BCUT2D eigenvalue weighted by Crippen LogP contribution is -2.49. The van der Waals surface area contributed by atoms with E-state index in [9.17, 15) is 14.4 Å². The Morgan fingerprint density at radius 1 is 1.19 bits per heavy atom. The SMILES string of the molecule is CCc1ncoc1C(=O)N[C@H](C(=O)Nc1cc2c(cn1)C1(CCOCC1)C(=O)N2)C1CCC(C)CC1. The van der Waals surface area contributed by atoms with Crippen molar-refractivity contribution in [1.82, 2.24) is 15.3 Å². The van der Waals surface area contributed by atoms with Gasteiger partial charge in [0.25, 0.3) is 5.91 Å². The van der Waals surface area contributed by atoms with Crippen LogP contribution in [0.3, 0.4) is 0 Å². The molecule has 10 heteroatoms. The van der Waals surface area contributed by atoms with E-state index in [2.05, 4.69) is 32.8 Å². The molecule has 4 heterocycles. The summed E-state index contributed by atoms with van der Waals surface area (Å²) < 4.78 is 10.8. The molecule has 3 amide bonds. The summed E-state index contributed by atoms with van der Waals surface area (Å²) in [7, 11) is 0. The summed E-state index contributed by atoms with van der Waals surface area (Å²) >= 11 is 0. The summed E-state index contributed by atoms with van der Waals surface area (Å²) in [6, 6.07) is 0.953. The van der Waals surface area contributed by atoms with Crippen LogP contribution in [0.5, 0.6) is 0 Å². The summed E-state index contributed by atoms with van der Waals surface area (Å²) in [5.41, 5.74) is 1.44. The number of nitrogens with one attached hydrogen (secondary N) is 3. The Bertz CT molecular complexity index is 1150. The molecule has 5 rings (SSSR count). The van der Waals surface area contributed by atoms with Crippen molar-refractivity contribution < 1.29 is 23.5 Å². The van der Waals surface area contributed by atoms with Crippen LogP contribution in [0.2, 0.25) is 0 Å². The number of amides is 3. The molecule has 1 saturated heterocycles. The van der Waals surface area contributed by atoms with E-state index >= 15 is 0 Å². The molecule has 2 aromatic heterocycles. The molecule has 0 bridgehead atoms. The van der Waals surface area contributed by atoms with Crippen LogP contribution in [0, 0.1) is 11.8 Å². The van der Waals surface area contributed by atoms with Gasteiger partial charge in [0, 0.05) is 31.0 Å². The first kappa shape index (κ1) is 24.4. The lowest BCUT2D eigenvalue weighted by atomic mass is 9.76. The molecule has 0 unspecified atom stereocenters. The Balaban J connectivity index is 1.35. The summed E-state index contributed by atoms with van der Waals surface area (Å²) in [5, 5.41) is 8.74. The second-order valence-electron chi connectivity index (χ2n) is 10.2. The number of oxazole rings is 1. The predicted molar refractivity (Wildman–Crippen MR) is 131 cm³/mol. The zero-order valence-corrected chi connectivity index (χ0v) is 20.8. The number of hydrogen-bond donors (Lipinski definition) is 3. The number of hydrogen-bond acceptors (Lipinski definition) is 7. The number of carbonyl (C=O) groups excluding carboxylic acids is 3. The summed E-state index contributed by atoms with van der Waals surface area (Å²) in [5.74, 6) is 0.238. The van der Waals surface area contributed by atoms with Crippen molar-refractivity contribution in [3.05, 3.63) is 35.7 Å². The molecule has 3 N–H and O–H groups in total. The average molecular weight is 496 g/mol. The van der Waals surface area contributed by atoms with Gasteiger partial charge in [-0.15, -0.1) is 0 Å². The Morgan fingerprint density at radius 2 is 1.94 bits per heavy atom. The normalized spacial score (nSPS) is 23.6. The van der Waals surface area contributed by atoms with Crippen molar-refractivity contribution in [2.75, 3.05) is 23.8 Å². The highest BCUT2D eigenvalue weighted by atomic mass is 16.5. The van der Waals surface area contributed by atoms with Gasteiger partial charge in [-0.05, 0) is 43.9 Å². The van der Waals surface area contributed by atoms with Crippen molar-refractivity contribution >= 4 is 29.2 Å². The molecule has 1 aliphatic carbocycles. The maximum atomic E-state index is 13.5. The molecule has 36 heavy (non-hydrogen) atoms. The topological polar surface area (TPSA) is 135 Å². The minimum Gasteiger partial charge on any atom is -0.438 e. The fourth-order valence-electron chi connectivity index (χ4n) is 5.72. The summed E-state index contributed by atoms with van der Waals surface area (Å²) in [6.45, 7) is 5.15. The standard InChI is InChI=1S/C26H33N5O5/c1-3-18-22(36-14-28-18)24(33)31-21(16-6-4-15(2)5-7-16)23(32)30-20-12-19-17(13-27-20)26(25(34)29-19)8-10-35-11-9-26/h12-16,21H,3-11H2,1-2H3,(H,29,34)(H,31,33)(H,27,30,32)/t15?,16?,21-/m0/s1. The van der Waals surface area contributed by atoms with E-state index in [1.165, 1.54) is 6.39 Å². The number of pyridine rings is 1. The fraction of sp³-hybridized carbons (Fsp3) is 0.577. The molecule has 3 aliphatic rings. The number of nitrogens with zero attached hydrogens (tertiary/aromatic N) is 2. The molecule has 0 radical (unpaired) electrons. The highest BCUT2D eigenvalue weighted by Crippen LogP contribution is 2.44. The molecule has 192 valence electrons. The van der Waals surface area contributed by atoms with Crippen molar-refractivity contribution in [1.29, 1.82) is 0 Å². The lowest BCUT2D eigenvalue weighted by Gasteiger charge is -2.32. The number of carbonyl (C=O) groups is 3. The van der Waals surface area contributed by atoms with Gasteiger partial charge in [-0.1, -0.05) is 26.7 Å². The monoisotopic (exact) mass is 495 g/mol. The average Bonchev–Trinajstić information content (AvgIpc) is 3.46.